The van der Waals surface area contributed by atoms with Crippen LogP contribution in [0, 0.1) is 0 Å². The Morgan fingerprint density at radius 3 is 2.91 bits per heavy atom. The van der Waals surface area contributed by atoms with Crippen LogP contribution < -0.4 is 0 Å². The summed E-state index contributed by atoms with van der Waals surface area (Å²) in [4.78, 5) is 11.0. The van der Waals surface area contributed by atoms with E-state index < -0.39 is 0 Å². The van der Waals surface area contributed by atoms with Gasteiger partial charge in [-0.2, -0.15) is 5.10 Å². The fraction of sp³-hybridized carbons (Fsp3) is 0.714. The van der Waals surface area contributed by atoms with Crippen molar-refractivity contribution in [3.63, 3.8) is 0 Å². The van der Waals surface area contributed by atoms with Gasteiger partial charge in [-0.05, 0) is 6.92 Å². The number of methoxy groups -OCH3 is 1. The topological polar surface area (TPSA) is 41.9 Å². The van der Waals surface area contributed by atoms with Crippen molar-refractivity contribution >= 4 is 11.6 Å². The Morgan fingerprint density at radius 1 is 1.73 bits per heavy atom. The van der Waals surface area contributed by atoms with Gasteiger partial charge in [-0.25, -0.2) is 5.01 Å². The van der Waals surface area contributed by atoms with Crippen LogP contribution >= 0.6 is 0 Å². The summed E-state index contributed by atoms with van der Waals surface area (Å²) in [5.41, 5.74) is 0.881. The lowest BCUT2D eigenvalue weighted by Gasteiger charge is -2.09. The van der Waals surface area contributed by atoms with Gasteiger partial charge in [-0.3, -0.25) is 4.79 Å². The maximum atomic E-state index is 11.0. The van der Waals surface area contributed by atoms with Gasteiger partial charge in [0.25, 0.3) is 0 Å². The first-order chi connectivity index (χ1) is 5.24. The second-order valence-corrected chi connectivity index (χ2v) is 2.52. The molecule has 0 atom stereocenters. The highest BCUT2D eigenvalue weighted by molar-refractivity contribution is 6.03. The molecule has 0 radical (unpaired) electrons. The molecule has 0 N–H and O–H groups in total. The van der Waals surface area contributed by atoms with E-state index >= 15 is 0 Å². The molecule has 0 bridgehead atoms. The van der Waals surface area contributed by atoms with E-state index in [4.69, 9.17) is 4.74 Å². The summed E-state index contributed by atoms with van der Waals surface area (Å²) >= 11 is 0. The van der Waals surface area contributed by atoms with Crippen molar-refractivity contribution in [3.05, 3.63) is 0 Å². The van der Waals surface area contributed by atoms with Gasteiger partial charge in [0.1, 0.15) is 0 Å². The highest BCUT2D eigenvalue weighted by Crippen LogP contribution is 2.06. The van der Waals surface area contributed by atoms with Gasteiger partial charge in [0.15, 0.2) is 0 Å². The number of hydrogen-bond donors (Lipinski definition) is 0. The van der Waals surface area contributed by atoms with Crippen molar-refractivity contribution in [2.24, 2.45) is 5.10 Å². The second-order valence-electron chi connectivity index (χ2n) is 2.52. The lowest BCUT2D eigenvalue weighted by molar-refractivity contribution is -0.129. The van der Waals surface area contributed by atoms with Crippen LogP contribution in [-0.4, -0.2) is 36.9 Å². The lowest BCUT2D eigenvalue weighted by atomic mass is 10.3. The number of nitrogens with zero attached hydrogens (tertiary/aromatic N) is 2. The molecular weight excluding hydrogens is 144 g/mol. The Hall–Kier alpha value is -0.900. The summed E-state index contributed by atoms with van der Waals surface area (Å²) in [6.07, 6.45) is 0.462. The normalized spacial score (nSPS) is 17.5. The van der Waals surface area contributed by atoms with Crippen molar-refractivity contribution < 1.29 is 9.53 Å². The average molecular weight is 156 g/mol. The monoisotopic (exact) mass is 156 g/mol. The van der Waals surface area contributed by atoms with E-state index in [2.05, 4.69) is 5.10 Å². The van der Waals surface area contributed by atoms with Gasteiger partial charge in [0.2, 0.25) is 5.91 Å². The Balaban J connectivity index is 2.39. The predicted octanol–water partition coefficient (Wildman–Crippen LogP) is 0.241. The molecule has 1 amide bonds. The molecular formula is C7H12N2O2. The Morgan fingerprint density at radius 2 is 2.45 bits per heavy atom. The van der Waals surface area contributed by atoms with E-state index in [0.717, 1.165) is 5.71 Å². The van der Waals surface area contributed by atoms with E-state index in [1.54, 1.807) is 7.11 Å². The second kappa shape index (κ2) is 3.48. The van der Waals surface area contributed by atoms with Crippen LogP contribution in [-0.2, 0) is 9.53 Å². The smallest absolute Gasteiger partial charge is 0.248 e. The van der Waals surface area contributed by atoms with E-state index in [0.29, 0.717) is 19.6 Å². The van der Waals surface area contributed by atoms with Crippen LogP contribution in [0.5, 0.6) is 0 Å². The molecule has 0 aromatic carbocycles. The zero-order valence-corrected chi connectivity index (χ0v) is 6.83. The minimum atomic E-state index is 0.0690. The van der Waals surface area contributed by atoms with Gasteiger partial charge < -0.3 is 4.74 Å². The number of amides is 1. The quantitative estimate of drug-likeness (QED) is 0.587. The Bertz CT molecular complexity index is 189. The van der Waals surface area contributed by atoms with E-state index in [-0.39, 0.29) is 5.91 Å². The first-order valence-corrected chi connectivity index (χ1v) is 3.57. The molecule has 0 fully saturated rings. The summed E-state index contributed by atoms with van der Waals surface area (Å²) < 4.78 is 4.82. The number of hydrogen-bond acceptors (Lipinski definition) is 3. The van der Waals surface area contributed by atoms with Crippen LogP contribution in [0.25, 0.3) is 0 Å². The van der Waals surface area contributed by atoms with Crippen LogP contribution in [0.3, 0.4) is 0 Å². The molecule has 0 aromatic heterocycles. The third-order valence-electron chi connectivity index (χ3n) is 1.49. The molecule has 0 unspecified atom stereocenters. The zero-order valence-electron chi connectivity index (χ0n) is 6.83. The summed E-state index contributed by atoms with van der Waals surface area (Å²) in [5, 5.41) is 5.48. The standard InChI is InChI=1S/C7H12N2O2/c1-6-5-7(10)9(8-6)3-4-11-2/h3-5H2,1-2H3. The van der Waals surface area contributed by atoms with Crippen LogP contribution in [0.2, 0.25) is 0 Å². The van der Waals surface area contributed by atoms with Crippen molar-refractivity contribution in [2.45, 2.75) is 13.3 Å². The average Bonchev–Trinajstić information content (AvgIpc) is 2.26. The van der Waals surface area contributed by atoms with Gasteiger partial charge in [0, 0.05) is 12.8 Å². The van der Waals surface area contributed by atoms with Gasteiger partial charge in [-0.15, -0.1) is 0 Å². The van der Waals surface area contributed by atoms with Crippen molar-refractivity contribution in [1.29, 1.82) is 0 Å². The van der Waals surface area contributed by atoms with Crippen molar-refractivity contribution in [1.82, 2.24) is 5.01 Å². The highest BCUT2D eigenvalue weighted by Gasteiger charge is 2.19. The maximum absolute atomic E-state index is 11.0. The Labute approximate surface area is 65.8 Å². The van der Waals surface area contributed by atoms with Gasteiger partial charge >= 0.3 is 0 Å². The molecule has 11 heavy (non-hydrogen) atoms. The molecule has 4 nitrogen and oxygen atoms in total. The fourth-order valence-corrected chi connectivity index (χ4v) is 0.960. The van der Waals surface area contributed by atoms with Crippen LogP contribution in [0.1, 0.15) is 13.3 Å². The van der Waals surface area contributed by atoms with Crippen LogP contribution in [0.4, 0.5) is 0 Å². The zero-order chi connectivity index (χ0) is 8.27. The fourth-order valence-electron chi connectivity index (χ4n) is 0.960. The first-order valence-electron chi connectivity index (χ1n) is 3.57. The molecule has 0 saturated carbocycles. The number of carbonyl (C=O) groups is 1. The predicted molar refractivity (Wildman–Crippen MR) is 41.3 cm³/mol. The minimum Gasteiger partial charge on any atom is -0.383 e. The SMILES string of the molecule is COCCN1N=C(C)CC1=O. The molecule has 1 aliphatic heterocycles. The van der Waals surface area contributed by atoms with Crippen LogP contribution in [0.15, 0.2) is 5.10 Å². The lowest BCUT2D eigenvalue weighted by Crippen LogP contribution is -2.24. The molecule has 4 heteroatoms. The first kappa shape index (κ1) is 8.20. The van der Waals surface area contributed by atoms with Crippen molar-refractivity contribution in [2.75, 3.05) is 20.3 Å². The minimum absolute atomic E-state index is 0.0690. The number of ether oxygens (including phenoxy) is 1. The summed E-state index contributed by atoms with van der Waals surface area (Å²) in [7, 11) is 1.61. The molecule has 1 aliphatic rings. The highest BCUT2D eigenvalue weighted by atomic mass is 16.5. The van der Waals surface area contributed by atoms with E-state index in [9.17, 15) is 4.79 Å². The van der Waals surface area contributed by atoms with E-state index in [1.807, 2.05) is 6.92 Å². The van der Waals surface area contributed by atoms with Gasteiger partial charge in [0.05, 0.1) is 19.6 Å². The van der Waals surface area contributed by atoms with E-state index in [1.165, 1.54) is 5.01 Å². The number of hydrazone groups is 1. The third-order valence-corrected chi connectivity index (χ3v) is 1.49. The number of rotatable bonds is 3. The van der Waals surface area contributed by atoms with Gasteiger partial charge in [-0.1, -0.05) is 0 Å². The maximum Gasteiger partial charge on any atom is 0.248 e. The molecule has 1 rings (SSSR count). The summed E-state index contributed by atoms with van der Waals surface area (Å²) in [6.45, 7) is 2.96. The van der Waals surface area contributed by atoms with Crippen molar-refractivity contribution in [3.8, 4) is 0 Å². The Kier molecular flexibility index (Phi) is 2.59. The molecule has 62 valence electrons. The molecule has 0 aliphatic carbocycles. The third kappa shape index (κ3) is 2.01. The largest absolute Gasteiger partial charge is 0.383 e. The molecule has 0 aromatic rings. The summed E-state index contributed by atoms with van der Waals surface area (Å²) in [5.74, 6) is 0.0690. The molecule has 0 spiro atoms. The molecule has 1 heterocycles. The number of carbonyl (C=O) groups excluding carboxylic acids is 1. The summed E-state index contributed by atoms with van der Waals surface area (Å²) in [6, 6.07) is 0. The molecule has 0 saturated heterocycles.